The highest BCUT2D eigenvalue weighted by atomic mass is 16.6. The Bertz CT molecular complexity index is 436. The van der Waals surface area contributed by atoms with Crippen LogP contribution in [0.5, 0.6) is 0 Å². The van der Waals surface area contributed by atoms with Gasteiger partial charge < -0.3 is 15.8 Å². The molecule has 0 spiro atoms. The van der Waals surface area contributed by atoms with E-state index in [9.17, 15) is 4.79 Å². The van der Waals surface area contributed by atoms with Gasteiger partial charge in [0.2, 0.25) is 0 Å². The summed E-state index contributed by atoms with van der Waals surface area (Å²) in [5.41, 5.74) is 6.10. The molecule has 0 radical (unpaired) electrons. The number of rotatable bonds is 4. The molecule has 1 rings (SSSR count). The van der Waals surface area contributed by atoms with Crippen LogP contribution >= 0.6 is 0 Å². The Hall–Kier alpha value is -2.04. The van der Waals surface area contributed by atoms with Crippen molar-refractivity contribution in [2.24, 2.45) is 10.7 Å². The molecule has 0 saturated carbocycles. The minimum absolute atomic E-state index is 0.217. The number of para-hydroxylation sites is 1. The van der Waals surface area contributed by atoms with Crippen molar-refractivity contribution >= 4 is 17.6 Å². The van der Waals surface area contributed by atoms with Crippen LogP contribution in [0, 0.1) is 0 Å². The smallest absolute Gasteiger partial charge is 0.308 e. The number of nitrogens with one attached hydrogen (secondary N) is 1. The molecule has 1 aromatic rings. The van der Waals surface area contributed by atoms with Crippen LogP contribution in [0.4, 0.5) is 5.69 Å². The molecule has 0 aliphatic rings. The first kappa shape index (κ1) is 15.0. The molecule has 5 nitrogen and oxygen atoms in total. The third-order valence-corrected chi connectivity index (χ3v) is 2.06. The maximum Gasteiger partial charge on any atom is 0.308 e. The number of nitrogens with two attached hydrogens (primary N) is 1. The van der Waals surface area contributed by atoms with E-state index in [4.69, 9.17) is 10.5 Å². The van der Waals surface area contributed by atoms with Gasteiger partial charge in [0.1, 0.15) is 5.60 Å². The van der Waals surface area contributed by atoms with Gasteiger partial charge in [-0.25, -0.2) is 0 Å². The molecule has 0 bridgehead atoms. The van der Waals surface area contributed by atoms with Crippen LogP contribution in [0.15, 0.2) is 35.3 Å². The molecule has 0 saturated heterocycles. The van der Waals surface area contributed by atoms with E-state index in [2.05, 4.69) is 10.3 Å². The van der Waals surface area contributed by atoms with Gasteiger partial charge in [-0.05, 0) is 32.9 Å². The largest absolute Gasteiger partial charge is 0.460 e. The van der Waals surface area contributed by atoms with Crippen LogP contribution in [0.25, 0.3) is 0 Å². The summed E-state index contributed by atoms with van der Waals surface area (Å²) in [6.45, 7) is 5.80. The van der Waals surface area contributed by atoms with Crippen molar-refractivity contribution in [2.45, 2.75) is 32.8 Å². The first-order valence-electron chi connectivity index (χ1n) is 6.21. The Kier molecular flexibility index (Phi) is 5.36. The number of anilines is 1. The predicted octanol–water partition coefficient (Wildman–Crippen LogP) is 2.14. The lowest BCUT2D eigenvalue weighted by Crippen LogP contribution is -2.25. The molecule has 0 aliphatic heterocycles. The van der Waals surface area contributed by atoms with E-state index in [-0.39, 0.29) is 18.3 Å². The molecule has 0 fully saturated rings. The zero-order chi connectivity index (χ0) is 14.3. The summed E-state index contributed by atoms with van der Waals surface area (Å²) in [7, 11) is 0. The number of carbonyl (C=O) groups is 1. The van der Waals surface area contributed by atoms with Gasteiger partial charge in [-0.3, -0.25) is 9.79 Å². The number of guanidine groups is 1. The number of ether oxygens (including phenoxy) is 1. The number of hydrogen-bond donors (Lipinski definition) is 2. The van der Waals surface area contributed by atoms with E-state index in [0.717, 1.165) is 5.69 Å². The zero-order valence-corrected chi connectivity index (χ0v) is 11.6. The van der Waals surface area contributed by atoms with E-state index >= 15 is 0 Å². The number of hydrogen-bond acceptors (Lipinski definition) is 3. The summed E-state index contributed by atoms with van der Waals surface area (Å²) >= 11 is 0. The summed E-state index contributed by atoms with van der Waals surface area (Å²) < 4.78 is 5.17. The number of benzene rings is 1. The topological polar surface area (TPSA) is 76.7 Å². The monoisotopic (exact) mass is 263 g/mol. The average molecular weight is 263 g/mol. The molecule has 19 heavy (non-hydrogen) atoms. The van der Waals surface area contributed by atoms with Gasteiger partial charge in [0.25, 0.3) is 0 Å². The highest BCUT2D eigenvalue weighted by Gasteiger charge is 2.15. The Morgan fingerprint density at radius 1 is 1.32 bits per heavy atom. The first-order chi connectivity index (χ1) is 8.87. The summed E-state index contributed by atoms with van der Waals surface area (Å²) in [6.07, 6.45) is 0.217. The van der Waals surface area contributed by atoms with Crippen LogP contribution < -0.4 is 11.1 Å². The second kappa shape index (κ2) is 6.78. The van der Waals surface area contributed by atoms with Crippen molar-refractivity contribution in [3.63, 3.8) is 0 Å². The van der Waals surface area contributed by atoms with Gasteiger partial charge in [-0.2, -0.15) is 0 Å². The highest BCUT2D eigenvalue weighted by molar-refractivity contribution is 5.92. The summed E-state index contributed by atoms with van der Waals surface area (Å²) in [4.78, 5) is 15.5. The van der Waals surface area contributed by atoms with Crippen molar-refractivity contribution in [2.75, 3.05) is 11.9 Å². The molecule has 104 valence electrons. The summed E-state index contributed by atoms with van der Waals surface area (Å²) in [5, 5.41) is 2.94. The predicted molar refractivity (Wildman–Crippen MR) is 77.0 cm³/mol. The third-order valence-electron chi connectivity index (χ3n) is 2.06. The lowest BCUT2D eigenvalue weighted by molar-refractivity contribution is -0.154. The minimum atomic E-state index is -0.464. The fourth-order valence-corrected chi connectivity index (χ4v) is 1.37. The van der Waals surface area contributed by atoms with Crippen LogP contribution in [-0.4, -0.2) is 24.1 Å². The number of aliphatic imine (C=N–C) groups is 1. The molecule has 0 amide bonds. The second-order valence-electron chi connectivity index (χ2n) is 5.09. The van der Waals surface area contributed by atoms with Crippen LogP contribution in [0.1, 0.15) is 27.2 Å². The van der Waals surface area contributed by atoms with Crippen LogP contribution in [0.2, 0.25) is 0 Å². The molecule has 0 unspecified atom stereocenters. The van der Waals surface area contributed by atoms with Gasteiger partial charge >= 0.3 is 5.97 Å². The molecule has 0 heterocycles. The molecule has 1 aromatic carbocycles. The van der Waals surface area contributed by atoms with Gasteiger partial charge in [0.05, 0.1) is 13.0 Å². The molecular weight excluding hydrogens is 242 g/mol. The lowest BCUT2D eigenvalue weighted by atomic mass is 10.2. The molecule has 3 N–H and O–H groups in total. The SMILES string of the molecule is CC(C)(C)OC(=O)CCN=C(N)Nc1ccccc1. The van der Waals surface area contributed by atoms with Gasteiger partial charge in [-0.1, -0.05) is 18.2 Å². The van der Waals surface area contributed by atoms with E-state index in [1.807, 2.05) is 51.1 Å². The van der Waals surface area contributed by atoms with E-state index in [1.54, 1.807) is 0 Å². The fraction of sp³-hybridized carbons (Fsp3) is 0.429. The Morgan fingerprint density at radius 3 is 2.53 bits per heavy atom. The van der Waals surface area contributed by atoms with Gasteiger partial charge in [-0.15, -0.1) is 0 Å². The molecule has 0 aromatic heterocycles. The normalized spacial score (nSPS) is 12.1. The third kappa shape index (κ3) is 7.08. The van der Waals surface area contributed by atoms with E-state index in [0.29, 0.717) is 6.54 Å². The molecule has 5 heteroatoms. The van der Waals surface area contributed by atoms with Crippen molar-refractivity contribution < 1.29 is 9.53 Å². The fourth-order valence-electron chi connectivity index (χ4n) is 1.37. The van der Waals surface area contributed by atoms with Gasteiger partial charge in [0.15, 0.2) is 5.96 Å². The second-order valence-corrected chi connectivity index (χ2v) is 5.09. The van der Waals surface area contributed by atoms with E-state index in [1.165, 1.54) is 0 Å². The minimum Gasteiger partial charge on any atom is -0.460 e. The number of esters is 1. The number of carbonyl (C=O) groups excluding carboxylic acids is 1. The maximum atomic E-state index is 11.4. The van der Waals surface area contributed by atoms with Crippen molar-refractivity contribution in [3.05, 3.63) is 30.3 Å². The van der Waals surface area contributed by atoms with Crippen LogP contribution in [-0.2, 0) is 9.53 Å². The summed E-state index contributed by atoms with van der Waals surface area (Å²) in [6, 6.07) is 9.49. The number of nitrogens with zero attached hydrogens (tertiary/aromatic N) is 1. The highest BCUT2D eigenvalue weighted by Crippen LogP contribution is 2.08. The van der Waals surface area contributed by atoms with Crippen LogP contribution in [0.3, 0.4) is 0 Å². The molecule has 0 aliphatic carbocycles. The Morgan fingerprint density at radius 2 is 1.95 bits per heavy atom. The quantitative estimate of drug-likeness (QED) is 0.496. The van der Waals surface area contributed by atoms with E-state index < -0.39 is 5.60 Å². The zero-order valence-electron chi connectivity index (χ0n) is 11.6. The Labute approximate surface area is 113 Å². The molecular formula is C14H21N3O2. The lowest BCUT2D eigenvalue weighted by Gasteiger charge is -2.19. The maximum absolute atomic E-state index is 11.4. The summed E-state index contributed by atoms with van der Waals surface area (Å²) in [5.74, 6) is 0.0125. The van der Waals surface area contributed by atoms with Crippen molar-refractivity contribution in [1.82, 2.24) is 0 Å². The Balaban J connectivity index is 2.34. The first-order valence-corrected chi connectivity index (χ1v) is 6.21. The van der Waals surface area contributed by atoms with Gasteiger partial charge in [0, 0.05) is 5.69 Å². The average Bonchev–Trinajstić information content (AvgIpc) is 2.27. The van der Waals surface area contributed by atoms with Crippen molar-refractivity contribution in [3.8, 4) is 0 Å². The standard InChI is InChI=1S/C14H21N3O2/c1-14(2,3)19-12(18)9-10-16-13(15)17-11-7-5-4-6-8-11/h4-8H,9-10H2,1-3H3,(H3,15,16,17). The van der Waals surface area contributed by atoms with Crippen molar-refractivity contribution in [1.29, 1.82) is 0 Å². The molecule has 0 atom stereocenters.